The van der Waals surface area contributed by atoms with E-state index in [-0.39, 0.29) is 11.9 Å². The van der Waals surface area contributed by atoms with E-state index in [1.165, 1.54) is 10.9 Å². The normalized spacial score (nSPS) is 22.6. The van der Waals surface area contributed by atoms with Gasteiger partial charge in [-0.2, -0.15) is 18.3 Å². The molecular weight excluding hydrogens is 323 g/mol. The standard InChI is InChI=1S/C16H22F3N3O2/c17-16(18,19)13-6-11-22(20-13)12-4-9-21(10-5-12)14(23)15(24)7-2-1-3-8-15/h6,11-12,24H,1-5,7-10H2. The molecule has 1 aliphatic carbocycles. The lowest BCUT2D eigenvalue weighted by atomic mass is 9.83. The number of aliphatic hydroxyl groups is 1. The number of hydrogen-bond acceptors (Lipinski definition) is 3. The van der Waals surface area contributed by atoms with E-state index in [4.69, 9.17) is 0 Å². The van der Waals surface area contributed by atoms with Gasteiger partial charge in [0, 0.05) is 19.3 Å². The van der Waals surface area contributed by atoms with E-state index < -0.39 is 17.5 Å². The highest BCUT2D eigenvalue weighted by Crippen LogP contribution is 2.33. The number of hydrogen-bond donors (Lipinski definition) is 1. The number of rotatable bonds is 2. The maximum atomic E-state index is 12.6. The Balaban J connectivity index is 1.59. The van der Waals surface area contributed by atoms with Crippen LogP contribution in [0.2, 0.25) is 0 Å². The summed E-state index contributed by atoms with van der Waals surface area (Å²) < 4.78 is 39.2. The van der Waals surface area contributed by atoms with Crippen molar-refractivity contribution in [2.75, 3.05) is 13.1 Å². The fourth-order valence-corrected chi connectivity index (χ4v) is 3.67. The van der Waals surface area contributed by atoms with Gasteiger partial charge in [-0.05, 0) is 31.7 Å². The average Bonchev–Trinajstić information content (AvgIpc) is 3.05. The monoisotopic (exact) mass is 345 g/mol. The van der Waals surface area contributed by atoms with Crippen LogP contribution >= 0.6 is 0 Å². The SMILES string of the molecule is O=C(N1CCC(n2ccc(C(F)(F)F)n2)CC1)C1(O)CCCCC1. The lowest BCUT2D eigenvalue weighted by Gasteiger charge is -2.39. The molecule has 0 radical (unpaired) electrons. The summed E-state index contributed by atoms with van der Waals surface area (Å²) in [7, 11) is 0. The van der Waals surface area contributed by atoms with Crippen LogP contribution in [0.25, 0.3) is 0 Å². The molecule has 1 aromatic rings. The van der Waals surface area contributed by atoms with Crippen LogP contribution in [-0.2, 0) is 11.0 Å². The molecule has 134 valence electrons. The second-order valence-electron chi connectivity index (χ2n) is 6.79. The molecule has 1 amide bonds. The first-order chi connectivity index (χ1) is 11.3. The summed E-state index contributed by atoms with van der Waals surface area (Å²) in [5.41, 5.74) is -2.14. The molecule has 2 aliphatic rings. The summed E-state index contributed by atoms with van der Waals surface area (Å²) in [5.74, 6) is -0.225. The van der Waals surface area contributed by atoms with Crippen LogP contribution in [-0.4, -0.2) is 44.4 Å². The molecule has 1 saturated heterocycles. The zero-order valence-electron chi connectivity index (χ0n) is 13.4. The van der Waals surface area contributed by atoms with Crippen molar-refractivity contribution in [2.45, 2.75) is 62.8 Å². The number of aromatic nitrogens is 2. The minimum Gasteiger partial charge on any atom is -0.380 e. The second kappa shape index (κ2) is 6.38. The van der Waals surface area contributed by atoms with Crippen molar-refractivity contribution in [3.63, 3.8) is 0 Å². The Morgan fingerprint density at radius 1 is 1.21 bits per heavy atom. The number of halogens is 3. The van der Waals surface area contributed by atoms with Gasteiger partial charge in [0.1, 0.15) is 5.60 Å². The van der Waals surface area contributed by atoms with E-state index in [2.05, 4.69) is 5.10 Å². The number of piperidine rings is 1. The Hall–Kier alpha value is -1.57. The Kier molecular flexibility index (Phi) is 4.59. The molecule has 0 bridgehead atoms. The van der Waals surface area contributed by atoms with Crippen molar-refractivity contribution in [2.24, 2.45) is 0 Å². The molecule has 0 aromatic carbocycles. The Morgan fingerprint density at radius 3 is 2.38 bits per heavy atom. The quantitative estimate of drug-likeness (QED) is 0.897. The number of nitrogens with zero attached hydrogens (tertiary/aromatic N) is 3. The Morgan fingerprint density at radius 2 is 1.83 bits per heavy atom. The highest BCUT2D eigenvalue weighted by atomic mass is 19.4. The van der Waals surface area contributed by atoms with Crippen LogP contribution in [0.4, 0.5) is 13.2 Å². The summed E-state index contributed by atoms with van der Waals surface area (Å²) in [6.45, 7) is 0.875. The van der Waals surface area contributed by atoms with Gasteiger partial charge in [0.2, 0.25) is 0 Å². The molecule has 2 fully saturated rings. The van der Waals surface area contributed by atoms with Crippen LogP contribution in [0, 0.1) is 0 Å². The Labute approximate surface area is 138 Å². The molecule has 1 saturated carbocycles. The molecule has 1 aromatic heterocycles. The molecule has 0 spiro atoms. The van der Waals surface area contributed by atoms with Gasteiger partial charge in [0.15, 0.2) is 5.69 Å². The molecule has 0 unspecified atom stereocenters. The third-order valence-electron chi connectivity index (χ3n) is 5.10. The molecule has 3 rings (SSSR count). The third kappa shape index (κ3) is 3.43. The van der Waals surface area contributed by atoms with Gasteiger partial charge in [-0.1, -0.05) is 19.3 Å². The van der Waals surface area contributed by atoms with E-state index in [1.807, 2.05) is 0 Å². The van der Waals surface area contributed by atoms with Crippen molar-refractivity contribution in [3.05, 3.63) is 18.0 Å². The van der Waals surface area contributed by atoms with Gasteiger partial charge in [-0.25, -0.2) is 0 Å². The zero-order chi connectivity index (χ0) is 17.4. The maximum absolute atomic E-state index is 12.6. The summed E-state index contributed by atoms with van der Waals surface area (Å²) >= 11 is 0. The summed E-state index contributed by atoms with van der Waals surface area (Å²) in [6, 6.07) is 0.827. The number of carbonyl (C=O) groups excluding carboxylic acids is 1. The molecule has 24 heavy (non-hydrogen) atoms. The average molecular weight is 345 g/mol. The van der Waals surface area contributed by atoms with Gasteiger partial charge in [0.25, 0.3) is 5.91 Å². The van der Waals surface area contributed by atoms with Crippen molar-refractivity contribution in [1.29, 1.82) is 0 Å². The highest BCUT2D eigenvalue weighted by molar-refractivity contribution is 5.85. The topological polar surface area (TPSA) is 58.4 Å². The van der Waals surface area contributed by atoms with E-state index in [0.29, 0.717) is 38.8 Å². The van der Waals surface area contributed by atoms with E-state index in [9.17, 15) is 23.1 Å². The minimum atomic E-state index is -4.44. The van der Waals surface area contributed by atoms with Crippen molar-refractivity contribution in [3.8, 4) is 0 Å². The smallest absolute Gasteiger partial charge is 0.380 e. The number of amides is 1. The predicted octanol–water partition coefficient (Wildman–Crippen LogP) is 2.76. The molecule has 8 heteroatoms. The molecule has 1 aliphatic heterocycles. The van der Waals surface area contributed by atoms with Crippen molar-refractivity contribution >= 4 is 5.91 Å². The van der Waals surface area contributed by atoms with Crippen LogP contribution < -0.4 is 0 Å². The van der Waals surface area contributed by atoms with Gasteiger partial charge in [-0.15, -0.1) is 0 Å². The van der Waals surface area contributed by atoms with Crippen LogP contribution in [0.3, 0.4) is 0 Å². The van der Waals surface area contributed by atoms with Crippen molar-refractivity contribution in [1.82, 2.24) is 14.7 Å². The van der Waals surface area contributed by atoms with Gasteiger partial charge in [0.05, 0.1) is 6.04 Å². The zero-order valence-corrected chi connectivity index (χ0v) is 13.4. The van der Waals surface area contributed by atoms with E-state index in [0.717, 1.165) is 25.3 Å². The van der Waals surface area contributed by atoms with Crippen LogP contribution in [0.1, 0.15) is 56.7 Å². The second-order valence-corrected chi connectivity index (χ2v) is 6.79. The first-order valence-corrected chi connectivity index (χ1v) is 8.44. The fraction of sp³-hybridized carbons (Fsp3) is 0.750. The summed E-state index contributed by atoms with van der Waals surface area (Å²) in [6.07, 6.45) is 1.74. The van der Waals surface area contributed by atoms with Crippen molar-refractivity contribution < 1.29 is 23.1 Å². The largest absolute Gasteiger partial charge is 0.435 e. The molecule has 0 atom stereocenters. The summed E-state index contributed by atoms with van der Waals surface area (Å²) in [4.78, 5) is 14.2. The lowest BCUT2D eigenvalue weighted by Crippen LogP contribution is -2.52. The van der Waals surface area contributed by atoms with Crippen LogP contribution in [0.15, 0.2) is 12.3 Å². The third-order valence-corrected chi connectivity index (χ3v) is 5.10. The number of alkyl halides is 3. The maximum Gasteiger partial charge on any atom is 0.435 e. The fourth-order valence-electron chi connectivity index (χ4n) is 3.67. The first-order valence-electron chi connectivity index (χ1n) is 8.44. The molecule has 1 N–H and O–H groups in total. The minimum absolute atomic E-state index is 0.147. The van der Waals surface area contributed by atoms with E-state index in [1.54, 1.807) is 4.90 Å². The molecular formula is C16H22F3N3O2. The van der Waals surface area contributed by atoms with Gasteiger partial charge >= 0.3 is 6.18 Å². The first kappa shape index (κ1) is 17.3. The number of carbonyl (C=O) groups is 1. The Bertz CT molecular complexity index is 586. The van der Waals surface area contributed by atoms with Gasteiger partial charge < -0.3 is 10.0 Å². The summed E-state index contributed by atoms with van der Waals surface area (Å²) in [5, 5.41) is 14.2. The van der Waals surface area contributed by atoms with Crippen LogP contribution in [0.5, 0.6) is 0 Å². The highest BCUT2D eigenvalue weighted by Gasteiger charge is 2.41. The predicted molar refractivity (Wildman–Crippen MR) is 80.1 cm³/mol. The number of likely N-dealkylation sites (tertiary alicyclic amines) is 1. The van der Waals surface area contributed by atoms with E-state index >= 15 is 0 Å². The molecule has 5 nitrogen and oxygen atoms in total. The lowest BCUT2D eigenvalue weighted by molar-refractivity contribution is -0.156. The molecule has 2 heterocycles. The van der Waals surface area contributed by atoms with Gasteiger partial charge in [-0.3, -0.25) is 9.48 Å².